The van der Waals surface area contributed by atoms with Gasteiger partial charge in [0.15, 0.2) is 0 Å². The molecule has 28 heavy (non-hydrogen) atoms. The maximum Gasteiger partial charge on any atom is 0.227 e. The number of hydrogen-bond donors (Lipinski definition) is 1. The molecule has 4 nitrogen and oxygen atoms in total. The number of rotatable bonds is 4. The number of likely N-dealkylation sites (tertiary alicyclic amines) is 1. The van der Waals surface area contributed by atoms with Crippen molar-refractivity contribution in [2.45, 2.75) is 31.7 Å². The Morgan fingerprint density at radius 2 is 1.64 bits per heavy atom. The lowest BCUT2D eigenvalue weighted by Gasteiger charge is -2.38. The predicted octanol–water partition coefficient (Wildman–Crippen LogP) is 4.84. The Labute approximate surface area is 171 Å². The minimum absolute atomic E-state index is 0.0888. The Kier molecular flexibility index (Phi) is 6.30. The summed E-state index contributed by atoms with van der Waals surface area (Å²) in [5, 5.41) is 3.83. The number of ether oxygens (including phenoxy) is 1. The number of piperidine rings is 1. The molecule has 0 unspecified atom stereocenters. The fraction of sp³-hybridized carbons (Fsp3) is 0.435. The van der Waals surface area contributed by atoms with Gasteiger partial charge in [0.25, 0.3) is 0 Å². The predicted molar refractivity (Wildman–Crippen MR) is 114 cm³/mol. The minimum Gasteiger partial charge on any atom is -0.381 e. The van der Waals surface area contributed by atoms with Gasteiger partial charge in [0.1, 0.15) is 0 Å². The number of anilines is 1. The number of nitrogens with zero attached hydrogens (tertiary/aromatic N) is 1. The van der Waals surface area contributed by atoms with E-state index < -0.39 is 0 Å². The third-order valence-electron chi connectivity index (χ3n) is 5.90. The van der Waals surface area contributed by atoms with Crippen LogP contribution in [0.15, 0.2) is 48.5 Å². The Bertz CT molecular complexity index is 812. The zero-order valence-corrected chi connectivity index (χ0v) is 16.8. The second-order valence-electron chi connectivity index (χ2n) is 7.73. The maximum atomic E-state index is 12.8. The van der Waals surface area contributed by atoms with Crippen LogP contribution in [0.25, 0.3) is 11.1 Å². The van der Waals surface area contributed by atoms with Gasteiger partial charge in [-0.05, 0) is 74.2 Å². The van der Waals surface area contributed by atoms with Gasteiger partial charge < -0.3 is 15.0 Å². The first kappa shape index (κ1) is 19.4. The molecule has 2 saturated heterocycles. The lowest BCUT2D eigenvalue weighted by Crippen LogP contribution is -2.45. The summed E-state index contributed by atoms with van der Waals surface area (Å²) in [7, 11) is 0. The normalized spacial score (nSPS) is 19.5. The number of carbonyl (C=O) groups excluding carboxylic acids is 1. The molecule has 0 bridgehead atoms. The summed E-state index contributed by atoms with van der Waals surface area (Å²) in [6.45, 7) is 3.75. The molecule has 2 aromatic carbocycles. The lowest BCUT2D eigenvalue weighted by atomic mass is 9.93. The fourth-order valence-electron chi connectivity index (χ4n) is 4.27. The van der Waals surface area contributed by atoms with Gasteiger partial charge in [0.05, 0.1) is 0 Å². The molecule has 5 heteroatoms. The van der Waals surface area contributed by atoms with Crippen LogP contribution in [0.4, 0.5) is 5.69 Å². The number of amides is 1. The molecule has 2 aromatic rings. The summed E-state index contributed by atoms with van der Waals surface area (Å²) < 4.78 is 5.47. The van der Waals surface area contributed by atoms with E-state index in [1.54, 1.807) is 0 Å². The van der Waals surface area contributed by atoms with Crippen LogP contribution in [0.1, 0.15) is 25.7 Å². The first-order valence-electron chi connectivity index (χ1n) is 10.2. The Morgan fingerprint density at radius 1 is 0.964 bits per heavy atom. The average molecular weight is 399 g/mol. The van der Waals surface area contributed by atoms with Crippen molar-refractivity contribution in [3.05, 3.63) is 53.6 Å². The van der Waals surface area contributed by atoms with Crippen LogP contribution in [0.2, 0.25) is 5.02 Å². The second kappa shape index (κ2) is 9.08. The van der Waals surface area contributed by atoms with Crippen molar-refractivity contribution in [2.24, 2.45) is 5.92 Å². The first-order valence-corrected chi connectivity index (χ1v) is 10.6. The zero-order chi connectivity index (χ0) is 19.3. The van der Waals surface area contributed by atoms with Crippen molar-refractivity contribution in [3.8, 4) is 11.1 Å². The van der Waals surface area contributed by atoms with Crippen molar-refractivity contribution in [2.75, 3.05) is 31.6 Å². The van der Waals surface area contributed by atoms with Gasteiger partial charge in [-0.15, -0.1) is 0 Å². The Balaban J connectivity index is 1.35. The summed E-state index contributed by atoms with van der Waals surface area (Å²) in [5.41, 5.74) is 2.94. The summed E-state index contributed by atoms with van der Waals surface area (Å²) in [6.07, 6.45) is 4.09. The van der Waals surface area contributed by atoms with Crippen LogP contribution >= 0.6 is 11.6 Å². The molecule has 0 spiro atoms. The average Bonchev–Trinajstić information content (AvgIpc) is 2.75. The van der Waals surface area contributed by atoms with Crippen molar-refractivity contribution in [1.29, 1.82) is 0 Å². The van der Waals surface area contributed by atoms with Gasteiger partial charge >= 0.3 is 0 Å². The number of halogens is 1. The van der Waals surface area contributed by atoms with Gasteiger partial charge in [0.2, 0.25) is 5.91 Å². The third kappa shape index (κ3) is 4.75. The van der Waals surface area contributed by atoms with E-state index in [9.17, 15) is 4.79 Å². The standard InChI is InChI=1S/C23H27ClN2O2/c24-20-5-1-3-18(15-20)19-4-2-6-21(16-19)25-23(27)17-7-11-26(12-8-17)22-9-13-28-14-10-22/h1-6,15-17,22H,7-14H2,(H,25,27). The summed E-state index contributed by atoms with van der Waals surface area (Å²) >= 11 is 6.11. The second-order valence-corrected chi connectivity index (χ2v) is 8.17. The van der Waals surface area contributed by atoms with E-state index in [1.807, 2.05) is 48.5 Å². The van der Waals surface area contributed by atoms with Gasteiger partial charge in [-0.2, -0.15) is 0 Å². The van der Waals surface area contributed by atoms with E-state index in [4.69, 9.17) is 16.3 Å². The molecule has 0 radical (unpaired) electrons. The zero-order valence-electron chi connectivity index (χ0n) is 16.1. The van der Waals surface area contributed by atoms with Crippen LogP contribution < -0.4 is 5.32 Å². The van der Waals surface area contributed by atoms with Crippen LogP contribution in [-0.4, -0.2) is 43.2 Å². The maximum absolute atomic E-state index is 12.8. The van der Waals surface area contributed by atoms with Gasteiger partial charge in [-0.3, -0.25) is 4.79 Å². The van der Waals surface area contributed by atoms with Gasteiger partial charge in [0, 0.05) is 35.9 Å². The van der Waals surface area contributed by atoms with Crippen molar-refractivity contribution < 1.29 is 9.53 Å². The van der Waals surface area contributed by atoms with Crippen LogP contribution in [0, 0.1) is 5.92 Å². The molecule has 0 aromatic heterocycles. The van der Waals surface area contributed by atoms with Crippen LogP contribution in [0.5, 0.6) is 0 Å². The smallest absolute Gasteiger partial charge is 0.227 e. The number of benzene rings is 2. The Morgan fingerprint density at radius 3 is 2.36 bits per heavy atom. The monoisotopic (exact) mass is 398 g/mol. The highest BCUT2D eigenvalue weighted by molar-refractivity contribution is 6.30. The molecule has 0 saturated carbocycles. The van der Waals surface area contributed by atoms with E-state index in [2.05, 4.69) is 10.2 Å². The molecular formula is C23H27ClN2O2. The number of carbonyl (C=O) groups is 1. The summed E-state index contributed by atoms with van der Waals surface area (Å²) in [6, 6.07) is 16.4. The molecule has 148 valence electrons. The third-order valence-corrected chi connectivity index (χ3v) is 6.13. The van der Waals surface area contributed by atoms with E-state index in [1.165, 1.54) is 0 Å². The molecule has 1 amide bonds. The molecular weight excluding hydrogens is 372 g/mol. The molecule has 4 rings (SSSR count). The van der Waals surface area contributed by atoms with E-state index in [-0.39, 0.29) is 11.8 Å². The fourth-order valence-corrected chi connectivity index (χ4v) is 4.46. The molecule has 2 aliphatic rings. The number of hydrogen-bond acceptors (Lipinski definition) is 3. The highest BCUT2D eigenvalue weighted by Gasteiger charge is 2.29. The van der Waals surface area contributed by atoms with Crippen LogP contribution in [0.3, 0.4) is 0 Å². The van der Waals surface area contributed by atoms with Crippen molar-refractivity contribution >= 4 is 23.2 Å². The van der Waals surface area contributed by atoms with Crippen LogP contribution in [-0.2, 0) is 9.53 Å². The van der Waals surface area contributed by atoms with E-state index in [0.717, 1.165) is 68.8 Å². The molecule has 0 atom stereocenters. The molecule has 0 aliphatic carbocycles. The highest BCUT2D eigenvalue weighted by atomic mass is 35.5. The van der Waals surface area contributed by atoms with Crippen molar-refractivity contribution in [1.82, 2.24) is 4.90 Å². The first-order chi connectivity index (χ1) is 13.7. The molecule has 2 heterocycles. The Hall–Kier alpha value is -1.88. The van der Waals surface area contributed by atoms with E-state index in [0.29, 0.717) is 11.1 Å². The molecule has 2 fully saturated rings. The summed E-state index contributed by atoms with van der Waals surface area (Å²) in [4.78, 5) is 15.3. The quantitative estimate of drug-likeness (QED) is 0.801. The van der Waals surface area contributed by atoms with Crippen molar-refractivity contribution in [3.63, 3.8) is 0 Å². The minimum atomic E-state index is 0.0888. The van der Waals surface area contributed by atoms with Gasteiger partial charge in [-0.1, -0.05) is 35.9 Å². The van der Waals surface area contributed by atoms with Gasteiger partial charge in [-0.25, -0.2) is 0 Å². The largest absolute Gasteiger partial charge is 0.381 e. The highest BCUT2D eigenvalue weighted by Crippen LogP contribution is 2.27. The van der Waals surface area contributed by atoms with E-state index >= 15 is 0 Å². The molecule has 1 N–H and O–H groups in total. The molecule has 2 aliphatic heterocycles. The number of nitrogens with one attached hydrogen (secondary N) is 1. The summed E-state index contributed by atoms with van der Waals surface area (Å²) in [5.74, 6) is 0.223. The topological polar surface area (TPSA) is 41.6 Å². The lowest BCUT2D eigenvalue weighted by molar-refractivity contribution is -0.121. The SMILES string of the molecule is O=C(Nc1cccc(-c2cccc(Cl)c2)c1)C1CCN(C2CCOCC2)CC1.